The van der Waals surface area contributed by atoms with E-state index in [2.05, 4.69) is 43.4 Å². The van der Waals surface area contributed by atoms with E-state index in [1.54, 1.807) is 0 Å². The minimum absolute atomic E-state index is 0.607. The van der Waals surface area contributed by atoms with Crippen molar-refractivity contribution >= 4 is 0 Å². The molecular weight excluding hydrogens is 242 g/mol. The molecule has 1 nitrogen and oxygen atoms in total. The van der Waals surface area contributed by atoms with Crippen molar-refractivity contribution in [2.24, 2.45) is 17.8 Å². The topological polar surface area (TPSA) is 12.0 Å². The number of benzene rings is 1. The van der Waals surface area contributed by atoms with Crippen molar-refractivity contribution in [1.29, 1.82) is 0 Å². The first-order valence-corrected chi connectivity index (χ1v) is 8.67. The molecule has 3 rings (SSSR count). The predicted molar refractivity (Wildman–Crippen MR) is 85.8 cm³/mol. The van der Waals surface area contributed by atoms with Crippen LogP contribution in [0.5, 0.6) is 0 Å². The number of nitrogens with one attached hydrogen (secondary N) is 1. The summed E-state index contributed by atoms with van der Waals surface area (Å²) in [7, 11) is 0. The van der Waals surface area contributed by atoms with E-state index in [9.17, 15) is 0 Å². The fourth-order valence-corrected chi connectivity index (χ4v) is 4.34. The van der Waals surface area contributed by atoms with Gasteiger partial charge in [0.1, 0.15) is 0 Å². The van der Waals surface area contributed by atoms with Gasteiger partial charge in [-0.2, -0.15) is 0 Å². The van der Waals surface area contributed by atoms with Crippen LogP contribution >= 0.6 is 0 Å². The van der Waals surface area contributed by atoms with Gasteiger partial charge in [-0.3, -0.25) is 0 Å². The van der Waals surface area contributed by atoms with Crippen molar-refractivity contribution < 1.29 is 0 Å². The highest BCUT2D eigenvalue weighted by atomic mass is 14.9. The molecule has 0 aliphatic heterocycles. The summed E-state index contributed by atoms with van der Waals surface area (Å²) in [5, 5.41) is 3.75. The van der Waals surface area contributed by atoms with Crippen molar-refractivity contribution in [3.8, 4) is 0 Å². The lowest BCUT2D eigenvalue weighted by molar-refractivity contribution is 0.426. The van der Waals surface area contributed by atoms with Gasteiger partial charge in [0, 0.05) is 6.04 Å². The van der Waals surface area contributed by atoms with Gasteiger partial charge >= 0.3 is 0 Å². The maximum atomic E-state index is 3.75. The van der Waals surface area contributed by atoms with Crippen molar-refractivity contribution in [3.63, 3.8) is 0 Å². The van der Waals surface area contributed by atoms with Gasteiger partial charge in [-0.1, -0.05) is 51.0 Å². The van der Waals surface area contributed by atoms with Gasteiger partial charge in [-0.15, -0.1) is 0 Å². The van der Waals surface area contributed by atoms with E-state index in [-0.39, 0.29) is 0 Å². The van der Waals surface area contributed by atoms with Crippen LogP contribution in [0.3, 0.4) is 0 Å². The van der Waals surface area contributed by atoms with Crippen LogP contribution < -0.4 is 5.32 Å². The first-order valence-electron chi connectivity index (χ1n) is 8.67. The van der Waals surface area contributed by atoms with Crippen LogP contribution in [0.25, 0.3) is 0 Å². The van der Waals surface area contributed by atoms with Gasteiger partial charge in [0.25, 0.3) is 0 Å². The highest BCUT2D eigenvalue weighted by molar-refractivity contribution is 5.28. The Morgan fingerprint density at radius 1 is 1.10 bits per heavy atom. The van der Waals surface area contributed by atoms with E-state index in [1.165, 1.54) is 49.7 Å². The van der Waals surface area contributed by atoms with Crippen LogP contribution in [-0.4, -0.2) is 6.54 Å². The molecule has 0 radical (unpaired) electrons. The zero-order valence-electron chi connectivity index (χ0n) is 13.1. The molecule has 0 saturated heterocycles. The molecule has 2 saturated carbocycles. The number of fused-ring (bicyclic) bond motifs is 1. The molecule has 110 valence electrons. The summed E-state index contributed by atoms with van der Waals surface area (Å²) in [6, 6.07) is 10.1. The Morgan fingerprint density at radius 2 is 1.80 bits per heavy atom. The molecule has 3 unspecified atom stereocenters. The first-order chi connectivity index (χ1) is 9.85. The van der Waals surface area contributed by atoms with E-state index >= 15 is 0 Å². The lowest BCUT2D eigenvalue weighted by Gasteiger charge is -2.20. The van der Waals surface area contributed by atoms with E-state index in [4.69, 9.17) is 0 Å². The second-order valence-electron chi connectivity index (χ2n) is 6.72. The molecule has 2 fully saturated rings. The van der Waals surface area contributed by atoms with Gasteiger partial charge in [0.2, 0.25) is 0 Å². The average Bonchev–Trinajstić information content (AvgIpc) is 2.94. The summed E-state index contributed by atoms with van der Waals surface area (Å²) in [4.78, 5) is 0. The van der Waals surface area contributed by atoms with Crippen LogP contribution in [0.15, 0.2) is 24.3 Å². The first kappa shape index (κ1) is 14.1. The number of hydrogen-bond acceptors (Lipinski definition) is 1. The molecule has 2 aliphatic rings. The summed E-state index contributed by atoms with van der Waals surface area (Å²) in [5.41, 5.74) is 3.02. The highest BCUT2D eigenvalue weighted by Gasteiger charge is 2.55. The standard InChI is InChI=1S/C19H29N/c1-3-5-7-14-10-12-15(13-11-14)19(20-4-2)18-16-8-6-9-17(16)18/h10-13,16-20H,3-9H2,1-2H3. The summed E-state index contributed by atoms with van der Waals surface area (Å²) in [6.45, 7) is 5.58. The number of aryl methyl sites for hydroxylation is 1. The van der Waals surface area contributed by atoms with Crippen molar-refractivity contribution in [2.75, 3.05) is 6.54 Å². The molecule has 3 atom stereocenters. The van der Waals surface area contributed by atoms with Crippen molar-refractivity contribution in [1.82, 2.24) is 5.32 Å². The van der Waals surface area contributed by atoms with Crippen LogP contribution in [0, 0.1) is 17.8 Å². The van der Waals surface area contributed by atoms with Gasteiger partial charge in [-0.25, -0.2) is 0 Å². The molecule has 0 bridgehead atoms. The molecule has 0 aromatic heterocycles. The van der Waals surface area contributed by atoms with Crippen LogP contribution in [0.4, 0.5) is 0 Å². The molecule has 0 spiro atoms. The third-order valence-electron chi connectivity index (χ3n) is 5.44. The normalized spacial score (nSPS) is 29.2. The maximum absolute atomic E-state index is 3.75. The minimum Gasteiger partial charge on any atom is -0.310 e. The number of unbranched alkanes of at least 4 members (excludes halogenated alkanes) is 1. The average molecular weight is 271 g/mol. The molecular formula is C19H29N. The fourth-order valence-electron chi connectivity index (χ4n) is 4.34. The molecule has 1 aromatic rings. The Balaban J connectivity index is 1.68. The molecule has 20 heavy (non-hydrogen) atoms. The zero-order chi connectivity index (χ0) is 13.9. The van der Waals surface area contributed by atoms with Gasteiger partial charge < -0.3 is 5.32 Å². The van der Waals surface area contributed by atoms with E-state index < -0.39 is 0 Å². The Morgan fingerprint density at radius 3 is 2.40 bits per heavy atom. The number of hydrogen-bond donors (Lipinski definition) is 1. The second kappa shape index (κ2) is 6.30. The summed E-state index contributed by atoms with van der Waals surface area (Å²) in [5.74, 6) is 2.97. The third kappa shape index (κ3) is 2.79. The van der Waals surface area contributed by atoms with E-state index in [0.29, 0.717) is 6.04 Å². The molecule has 1 aromatic carbocycles. The van der Waals surface area contributed by atoms with E-state index in [0.717, 1.165) is 24.3 Å². The summed E-state index contributed by atoms with van der Waals surface area (Å²) < 4.78 is 0. The maximum Gasteiger partial charge on any atom is 0.0354 e. The van der Waals surface area contributed by atoms with Crippen LogP contribution in [0.1, 0.15) is 63.1 Å². The quantitative estimate of drug-likeness (QED) is 0.756. The number of rotatable bonds is 7. The summed E-state index contributed by atoms with van der Waals surface area (Å²) in [6.07, 6.45) is 8.26. The monoisotopic (exact) mass is 271 g/mol. The minimum atomic E-state index is 0.607. The van der Waals surface area contributed by atoms with Gasteiger partial charge in [-0.05, 0) is 61.1 Å². The molecule has 1 heteroatoms. The SMILES string of the molecule is CCCCc1ccc(C(NCC)C2C3CCCC32)cc1. The Hall–Kier alpha value is -0.820. The predicted octanol–water partition coefficient (Wildman–Crippen LogP) is 4.73. The Kier molecular flexibility index (Phi) is 4.45. The van der Waals surface area contributed by atoms with Crippen LogP contribution in [0.2, 0.25) is 0 Å². The summed E-state index contributed by atoms with van der Waals surface area (Å²) >= 11 is 0. The van der Waals surface area contributed by atoms with Crippen molar-refractivity contribution in [2.45, 2.75) is 58.4 Å². The lowest BCUT2D eigenvalue weighted by atomic mass is 9.95. The molecule has 1 N–H and O–H groups in total. The Bertz CT molecular complexity index is 412. The molecule has 2 aliphatic carbocycles. The second-order valence-corrected chi connectivity index (χ2v) is 6.72. The van der Waals surface area contributed by atoms with Gasteiger partial charge in [0.15, 0.2) is 0 Å². The third-order valence-corrected chi connectivity index (χ3v) is 5.44. The molecule has 0 heterocycles. The molecule has 0 amide bonds. The fraction of sp³-hybridized carbons (Fsp3) is 0.684. The largest absolute Gasteiger partial charge is 0.310 e. The van der Waals surface area contributed by atoms with Crippen molar-refractivity contribution in [3.05, 3.63) is 35.4 Å². The smallest absolute Gasteiger partial charge is 0.0354 e. The lowest BCUT2D eigenvalue weighted by Crippen LogP contribution is -2.24. The van der Waals surface area contributed by atoms with E-state index in [1.807, 2.05) is 0 Å². The highest BCUT2D eigenvalue weighted by Crippen LogP contribution is 2.62. The van der Waals surface area contributed by atoms with Gasteiger partial charge in [0.05, 0.1) is 0 Å². The zero-order valence-corrected chi connectivity index (χ0v) is 13.1. The Labute approximate surface area is 124 Å². The van der Waals surface area contributed by atoms with Crippen LogP contribution in [-0.2, 0) is 6.42 Å².